The standard InChI is InChI=1S/C12H20N2O2S2/c1-12(2,3)10-8-13-11(17)14(10)9-4-6-18(15,16)7-5-9/h8-9H,4-7H2,1-3H3,(H,13,17). The highest BCUT2D eigenvalue weighted by Gasteiger charge is 2.29. The van der Waals surface area contributed by atoms with Gasteiger partial charge in [0.25, 0.3) is 0 Å². The van der Waals surface area contributed by atoms with Crippen LogP contribution in [0.15, 0.2) is 6.20 Å². The highest BCUT2D eigenvalue weighted by atomic mass is 32.2. The maximum atomic E-state index is 11.5. The Kier molecular flexibility index (Phi) is 3.44. The van der Waals surface area contributed by atoms with Gasteiger partial charge in [0.2, 0.25) is 0 Å². The zero-order chi connectivity index (χ0) is 13.6. The molecule has 1 N–H and O–H groups in total. The molecule has 102 valence electrons. The average Bonchev–Trinajstić information content (AvgIpc) is 2.60. The van der Waals surface area contributed by atoms with E-state index in [0.717, 1.165) is 5.69 Å². The predicted molar refractivity (Wildman–Crippen MR) is 75.2 cm³/mol. The van der Waals surface area contributed by atoms with E-state index in [1.807, 2.05) is 6.20 Å². The quantitative estimate of drug-likeness (QED) is 0.808. The van der Waals surface area contributed by atoms with Gasteiger partial charge in [-0.05, 0) is 25.1 Å². The van der Waals surface area contributed by atoms with Crippen LogP contribution >= 0.6 is 12.2 Å². The fraction of sp³-hybridized carbons (Fsp3) is 0.750. The third-order valence-corrected chi connectivity index (χ3v) is 5.50. The summed E-state index contributed by atoms with van der Waals surface area (Å²) in [4.78, 5) is 3.09. The molecule has 1 aromatic heterocycles. The first-order chi connectivity index (χ1) is 8.21. The second-order valence-corrected chi connectivity index (χ2v) is 8.67. The molecular formula is C12H20N2O2S2. The van der Waals surface area contributed by atoms with E-state index in [4.69, 9.17) is 12.2 Å². The molecule has 1 saturated heterocycles. The van der Waals surface area contributed by atoms with Crippen LogP contribution in [0.1, 0.15) is 45.3 Å². The van der Waals surface area contributed by atoms with E-state index in [9.17, 15) is 8.42 Å². The van der Waals surface area contributed by atoms with Crippen molar-refractivity contribution in [3.8, 4) is 0 Å². The largest absolute Gasteiger partial charge is 0.337 e. The van der Waals surface area contributed by atoms with E-state index >= 15 is 0 Å². The summed E-state index contributed by atoms with van der Waals surface area (Å²) in [5.74, 6) is 0.544. The van der Waals surface area contributed by atoms with Gasteiger partial charge in [0.05, 0.1) is 11.5 Å². The van der Waals surface area contributed by atoms with E-state index in [0.29, 0.717) is 17.6 Å². The Morgan fingerprint density at radius 1 is 1.33 bits per heavy atom. The maximum Gasteiger partial charge on any atom is 0.177 e. The van der Waals surface area contributed by atoms with E-state index in [2.05, 4.69) is 30.3 Å². The topological polar surface area (TPSA) is 54.9 Å². The molecule has 0 atom stereocenters. The van der Waals surface area contributed by atoms with Crippen molar-refractivity contribution in [3.05, 3.63) is 16.7 Å². The summed E-state index contributed by atoms with van der Waals surface area (Å²) in [6.07, 6.45) is 3.28. The van der Waals surface area contributed by atoms with E-state index in [1.165, 1.54) is 0 Å². The van der Waals surface area contributed by atoms with Gasteiger partial charge >= 0.3 is 0 Å². The summed E-state index contributed by atoms with van der Waals surface area (Å²) >= 11 is 5.34. The molecule has 0 bridgehead atoms. The van der Waals surface area contributed by atoms with Crippen molar-refractivity contribution < 1.29 is 8.42 Å². The predicted octanol–water partition coefficient (Wildman–Crippen LogP) is 2.59. The van der Waals surface area contributed by atoms with Crippen molar-refractivity contribution in [3.63, 3.8) is 0 Å². The molecule has 2 heterocycles. The number of hydrogen-bond acceptors (Lipinski definition) is 3. The lowest BCUT2D eigenvalue weighted by molar-refractivity contribution is 0.406. The Hall–Kier alpha value is -0.620. The smallest absolute Gasteiger partial charge is 0.177 e. The molecule has 0 amide bonds. The minimum absolute atomic E-state index is 0.00385. The Balaban J connectivity index is 2.35. The van der Waals surface area contributed by atoms with Crippen LogP contribution in [0, 0.1) is 4.77 Å². The molecule has 6 heteroatoms. The van der Waals surface area contributed by atoms with Crippen molar-refractivity contribution in [2.45, 2.75) is 45.1 Å². The van der Waals surface area contributed by atoms with Gasteiger partial charge in [-0.3, -0.25) is 0 Å². The Morgan fingerprint density at radius 2 is 1.89 bits per heavy atom. The zero-order valence-corrected chi connectivity index (χ0v) is 12.7. The normalized spacial score (nSPS) is 21.1. The SMILES string of the molecule is CC(C)(C)c1c[nH]c(=S)n1C1CCS(=O)(=O)CC1. The van der Waals surface area contributed by atoms with Crippen LogP contribution in [-0.2, 0) is 15.3 Å². The highest BCUT2D eigenvalue weighted by Crippen LogP contribution is 2.30. The van der Waals surface area contributed by atoms with Crippen molar-refractivity contribution in [1.29, 1.82) is 0 Å². The summed E-state index contributed by atoms with van der Waals surface area (Å²) in [6, 6.07) is 0.210. The highest BCUT2D eigenvalue weighted by molar-refractivity contribution is 7.91. The average molecular weight is 288 g/mol. The van der Waals surface area contributed by atoms with Crippen LogP contribution < -0.4 is 0 Å². The minimum Gasteiger partial charge on any atom is -0.337 e. The van der Waals surface area contributed by atoms with E-state index in [1.54, 1.807) is 0 Å². The first kappa shape index (κ1) is 13.8. The van der Waals surface area contributed by atoms with Crippen LogP contribution in [-0.4, -0.2) is 29.5 Å². The molecule has 18 heavy (non-hydrogen) atoms. The van der Waals surface area contributed by atoms with Gasteiger partial charge in [-0.25, -0.2) is 8.42 Å². The molecule has 1 aliphatic rings. The molecule has 0 aliphatic carbocycles. The molecule has 0 spiro atoms. The summed E-state index contributed by atoms with van der Waals surface area (Å²) < 4.78 is 25.8. The zero-order valence-electron chi connectivity index (χ0n) is 11.1. The van der Waals surface area contributed by atoms with Crippen molar-refractivity contribution in [2.75, 3.05) is 11.5 Å². The number of imidazole rings is 1. The van der Waals surface area contributed by atoms with Gasteiger partial charge in [0, 0.05) is 23.3 Å². The van der Waals surface area contributed by atoms with Crippen molar-refractivity contribution in [1.82, 2.24) is 9.55 Å². The number of rotatable bonds is 1. The molecule has 1 aromatic rings. The van der Waals surface area contributed by atoms with Crippen LogP contribution in [0.4, 0.5) is 0 Å². The Morgan fingerprint density at radius 3 is 2.39 bits per heavy atom. The van der Waals surface area contributed by atoms with Crippen LogP contribution in [0.2, 0.25) is 0 Å². The summed E-state index contributed by atoms with van der Waals surface area (Å²) in [7, 11) is -2.83. The number of nitrogens with one attached hydrogen (secondary N) is 1. The first-order valence-corrected chi connectivity index (χ1v) is 8.44. The molecule has 2 rings (SSSR count). The number of H-pyrrole nitrogens is 1. The molecule has 1 fully saturated rings. The number of aromatic amines is 1. The molecule has 0 saturated carbocycles. The fourth-order valence-corrected chi connectivity index (χ4v) is 4.23. The van der Waals surface area contributed by atoms with Gasteiger partial charge in [0.15, 0.2) is 4.77 Å². The number of nitrogens with zero attached hydrogens (tertiary/aromatic N) is 1. The van der Waals surface area contributed by atoms with Crippen LogP contribution in [0.25, 0.3) is 0 Å². The van der Waals surface area contributed by atoms with Gasteiger partial charge in [-0.2, -0.15) is 0 Å². The summed E-state index contributed by atoms with van der Waals surface area (Å²) in [5.41, 5.74) is 1.15. The maximum absolute atomic E-state index is 11.5. The lowest BCUT2D eigenvalue weighted by Gasteiger charge is -2.29. The third kappa shape index (κ3) is 2.69. The molecule has 0 unspecified atom stereocenters. The Bertz CT molecular complexity index is 576. The molecular weight excluding hydrogens is 268 g/mol. The lowest BCUT2D eigenvalue weighted by Crippen LogP contribution is -2.28. The molecule has 1 aliphatic heterocycles. The van der Waals surface area contributed by atoms with Crippen molar-refractivity contribution >= 4 is 22.1 Å². The summed E-state index contributed by atoms with van der Waals surface area (Å²) in [6.45, 7) is 6.42. The third-order valence-electron chi connectivity index (χ3n) is 3.47. The first-order valence-electron chi connectivity index (χ1n) is 6.21. The number of aromatic nitrogens is 2. The Labute approximate surface area is 113 Å². The van der Waals surface area contributed by atoms with Gasteiger partial charge in [-0.15, -0.1) is 0 Å². The number of sulfone groups is 1. The molecule has 4 nitrogen and oxygen atoms in total. The molecule has 0 radical (unpaired) electrons. The summed E-state index contributed by atoms with van der Waals surface area (Å²) in [5, 5.41) is 0. The van der Waals surface area contributed by atoms with Gasteiger partial charge < -0.3 is 9.55 Å². The van der Waals surface area contributed by atoms with Crippen LogP contribution in [0.3, 0.4) is 0 Å². The van der Waals surface area contributed by atoms with Gasteiger partial charge in [-0.1, -0.05) is 20.8 Å². The van der Waals surface area contributed by atoms with Crippen molar-refractivity contribution in [2.24, 2.45) is 0 Å². The lowest BCUT2D eigenvalue weighted by atomic mass is 9.92. The van der Waals surface area contributed by atoms with Crippen LogP contribution in [0.5, 0.6) is 0 Å². The second-order valence-electron chi connectivity index (χ2n) is 5.98. The monoisotopic (exact) mass is 288 g/mol. The van der Waals surface area contributed by atoms with E-state index < -0.39 is 9.84 Å². The van der Waals surface area contributed by atoms with E-state index in [-0.39, 0.29) is 23.0 Å². The molecule has 0 aromatic carbocycles. The second kappa shape index (κ2) is 4.49. The minimum atomic E-state index is -2.83. The number of hydrogen-bond donors (Lipinski definition) is 1. The fourth-order valence-electron chi connectivity index (χ4n) is 2.45. The van der Waals surface area contributed by atoms with Gasteiger partial charge in [0.1, 0.15) is 9.84 Å².